The molecule has 0 aromatic heterocycles. The molecule has 1 atom stereocenters. The van der Waals surface area contributed by atoms with E-state index in [1.165, 1.54) is 0 Å². The lowest BCUT2D eigenvalue weighted by Crippen LogP contribution is -2.41. The SMILES string of the molecule is CC1(C)OB(c2ccc(C3=C(c4ccc(B5OC(C)(C)C(C)(C)O5)cc4)P(=O)(c4ccccc4)c4ccccc43)cc2)OC1(C)C. The van der Waals surface area contributed by atoms with E-state index in [0.29, 0.717) is 0 Å². The minimum Gasteiger partial charge on any atom is -0.399 e. The summed E-state index contributed by atoms with van der Waals surface area (Å²) in [6, 6.07) is 34.6. The Balaban J connectivity index is 1.36. The van der Waals surface area contributed by atoms with E-state index in [2.05, 4.69) is 97.9 Å². The molecule has 8 heteroatoms. The van der Waals surface area contributed by atoms with Crippen molar-refractivity contribution >= 4 is 53.8 Å². The van der Waals surface area contributed by atoms with Gasteiger partial charge in [0, 0.05) is 21.5 Å². The van der Waals surface area contributed by atoms with Gasteiger partial charge in [-0.1, -0.05) is 103 Å². The van der Waals surface area contributed by atoms with Crippen LogP contribution in [-0.2, 0) is 23.2 Å². The molecule has 4 aromatic rings. The molecule has 2 fully saturated rings. The molecule has 7 rings (SSSR count). The molecule has 0 amide bonds. The molecule has 0 aliphatic carbocycles. The highest BCUT2D eigenvalue weighted by molar-refractivity contribution is 7.88. The Hall–Kier alpha value is -3.18. The first-order valence-electron chi connectivity index (χ1n) is 16.1. The van der Waals surface area contributed by atoms with Crippen molar-refractivity contribution in [2.45, 2.75) is 77.8 Å². The van der Waals surface area contributed by atoms with Gasteiger partial charge in [0.1, 0.15) is 0 Å². The van der Waals surface area contributed by atoms with E-state index >= 15 is 4.57 Å². The smallest absolute Gasteiger partial charge is 0.399 e. The maximum absolute atomic E-state index is 15.7. The van der Waals surface area contributed by atoms with Crippen molar-refractivity contribution < 1.29 is 23.2 Å². The molecule has 0 radical (unpaired) electrons. The lowest BCUT2D eigenvalue weighted by atomic mass is 9.78. The molecule has 0 spiro atoms. The maximum Gasteiger partial charge on any atom is 0.494 e. The van der Waals surface area contributed by atoms with Crippen LogP contribution in [0.5, 0.6) is 0 Å². The Kier molecular flexibility index (Phi) is 7.29. The van der Waals surface area contributed by atoms with Gasteiger partial charge in [-0.15, -0.1) is 0 Å². The molecule has 46 heavy (non-hydrogen) atoms. The summed E-state index contributed by atoms with van der Waals surface area (Å²) in [4.78, 5) is 0. The largest absolute Gasteiger partial charge is 0.494 e. The van der Waals surface area contributed by atoms with E-state index in [0.717, 1.165) is 49.1 Å². The zero-order valence-corrected chi connectivity index (χ0v) is 28.9. The minimum atomic E-state index is -3.25. The van der Waals surface area contributed by atoms with Crippen molar-refractivity contribution in [1.82, 2.24) is 0 Å². The van der Waals surface area contributed by atoms with Crippen molar-refractivity contribution in [2.24, 2.45) is 0 Å². The number of rotatable bonds is 5. The molecular weight excluding hydrogens is 589 g/mol. The van der Waals surface area contributed by atoms with Crippen molar-refractivity contribution in [3.8, 4) is 0 Å². The molecular formula is C38H41B2O5P. The Morgan fingerprint density at radius 2 is 0.913 bits per heavy atom. The number of hydrogen-bond donors (Lipinski definition) is 0. The van der Waals surface area contributed by atoms with E-state index in [4.69, 9.17) is 18.6 Å². The van der Waals surface area contributed by atoms with Gasteiger partial charge in [-0.05, 0) is 83.0 Å². The predicted octanol–water partition coefficient (Wildman–Crippen LogP) is 6.53. The first-order chi connectivity index (χ1) is 21.6. The second-order valence-electron chi connectivity index (χ2n) is 14.6. The maximum atomic E-state index is 15.7. The van der Waals surface area contributed by atoms with Crippen LogP contribution in [0.3, 0.4) is 0 Å². The Morgan fingerprint density at radius 3 is 1.39 bits per heavy atom. The molecule has 3 aliphatic heterocycles. The van der Waals surface area contributed by atoms with Gasteiger partial charge in [0.05, 0.1) is 22.4 Å². The van der Waals surface area contributed by atoms with Crippen LogP contribution in [0.4, 0.5) is 0 Å². The summed E-state index contributed by atoms with van der Waals surface area (Å²) in [5, 5.41) is 2.51. The number of fused-ring (bicyclic) bond motifs is 1. The second kappa shape index (κ2) is 10.7. The first kappa shape index (κ1) is 31.4. The average Bonchev–Trinajstić information content (AvgIpc) is 3.52. The summed E-state index contributed by atoms with van der Waals surface area (Å²) in [7, 11) is -4.18. The lowest BCUT2D eigenvalue weighted by molar-refractivity contribution is 0.00578. The number of hydrogen-bond acceptors (Lipinski definition) is 5. The van der Waals surface area contributed by atoms with Crippen molar-refractivity contribution in [2.75, 3.05) is 0 Å². The summed E-state index contributed by atoms with van der Waals surface area (Å²) in [5.41, 5.74) is 4.03. The molecule has 0 N–H and O–H groups in total. The van der Waals surface area contributed by atoms with Crippen LogP contribution in [0, 0.1) is 0 Å². The number of benzene rings is 4. The highest BCUT2D eigenvalue weighted by atomic mass is 31.2. The van der Waals surface area contributed by atoms with Crippen molar-refractivity contribution in [1.29, 1.82) is 0 Å². The molecule has 1 unspecified atom stereocenters. The van der Waals surface area contributed by atoms with E-state index < -0.39 is 43.8 Å². The third-order valence-electron chi connectivity index (χ3n) is 10.6. The molecule has 234 valence electrons. The van der Waals surface area contributed by atoms with E-state index in [-0.39, 0.29) is 0 Å². The molecule has 3 heterocycles. The average molecular weight is 630 g/mol. The predicted molar refractivity (Wildman–Crippen MR) is 190 cm³/mol. The van der Waals surface area contributed by atoms with E-state index in [1.807, 2.05) is 60.7 Å². The highest BCUT2D eigenvalue weighted by Crippen LogP contribution is 2.65. The molecule has 3 aliphatic rings. The summed E-state index contributed by atoms with van der Waals surface area (Å²) >= 11 is 0. The van der Waals surface area contributed by atoms with Crippen LogP contribution in [0.2, 0.25) is 0 Å². The van der Waals surface area contributed by atoms with E-state index in [9.17, 15) is 0 Å². The van der Waals surface area contributed by atoms with Gasteiger partial charge < -0.3 is 23.2 Å². The monoisotopic (exact) mass is 630 g/mol. The molecule has 5 nitrogen and oxygen atoms in total. The standard InChI is InChI=1S/C38H41B2O5P/c1-35(2)36(3,4)43-39(42-35)28-22-18-26(19-23-28)33-31-16-12-13-17-32(31)46(41,30-14-10-9-11-15-30)34(33)27-20-24-29(25-21-27)40-44-37(5,6)38(7,8)45-40/h9-25H,1-8H3. The fourth-order valence-corrected chi connectivity index (χ4v) is 9.72. The van der Waals surface area contributed by atoms with Gasteiger partial charge in [0.25, 0.3) is 0 Å². The summed E-state index contributed by atoms with van der Waals surface area (Å²) in [6.45, 7) is 16.5. The van der Waals surface area contributed by atoms with Crippen LogP contribution in [0.15, 0.2) is 103 Å². The normalized spacial score (nSPS) is 24.0. The zero-order chi connectivity index (χ0) is 32.7. The van der Waals surface area contributed by atoms with Crippen molar-refractivity contribution in [3.05, 3.63) is 120 Å². The van der Waals surface area contributed by atoms with Gasteiger partial charge in [0.2, 0.25) is 0 Å². The Labute approximate surface area is 274 Å². The summed E-state index contributed by atoms with van der Waals surface area (Å²) in [5.74, 6) is 0. The van der Waals surface area contributed by atoms with Crippen LogP contribution in [0.1, 0.15) is 72.1 Å². The molecule has 0 bridgehead atoms. The summed E-state index contributed by atoms with van der Waals surface area (Å²) < 4.78 is 41.1. The second-order valence-corrected chi connectivity index (χ2v) is 17.3. The lowest BCUT2D eigenvalue weighted by Gasteiger charge is -2.32. The van der Waals surface area contributed by atoms with Gasteiger partial charge in [0.15, 0.2) is 7.14 Å². The van der Waals surface area contributed by atoms with Crippen LogP contribution in [-0.4, -0.2) is 36.6 Å². The highest BCUT2D eigenvalue weighted by Gasteiger charge is 2.53. The topological polar surface area (TPSA) is 54.0 Å². The van der Waals surface area contributed by atoms with Gasteiger partial charge in [-0.3, -0.25) is 0 Å². The zero-order valence-electron chi connectivity index (χ0n) is 28.0. The summed E-state index contributed by atoms with van der Waals surface area (Å²) in [6.07, 6.45) is 0. The first-order valence-corrected chi connectivity index (χ1v) is 17.8. The molecule has 0 saturated carbocycles. The fraction of sp³-hybridized carbons (Fsp3) is 0.316. The van der Waals surface area contributed by atoms with Gasteiger partial charge >= 0.3 is 14.2 Å². The van der Waals surface area contributed by atoms with Crippen LogP contribution < -0.4 is 21.5 Å². The Bertz CT molecular complexity index is 1850. The van der Waals surface area contributed by atoms with Crippen molar-refractivity contribution in [3.63, 3.8) is 0 Å². The van der Waals surface area contributed by atoms with Gasteiger partial charge in [-0.25, -0.2) is 0 Å². The minimum absolute atomic E-state index is 0.426. The fourth-order valence-electron chi connectivity index (χ4n) is 6.45. The third-order valence-corrected chi connectivity index (χ3v) is 13.8. The van der Waals surface area contributed by atoms with E-state index in [1.54, 1.807) is 0 Å². The van der Waals surface area contributed by atoms with Crippen LogP contribution in [0.25, 0.3) is 10.9 Å². The quantitative estimate of drug-likeness (QED) is 0.186. The third kappa shape index (κ3) is 4.83. The Morgan fingerprint density at radius 1 is 0.500 bits per heavy atom. The van der Waals surface area contributed by atoms with Gasteiger partial charge in [-0.2, -0.15) is 0 Å². The molecule has 4 aromatic carbocycles. The van der Waals surface area contributed by atoms with Crippen LogP contribution >= 0.6 is 7.14 Å². The molecule has 2 saturated heterocycles.